The van der Waals surface area contributed by atoms with Crippen LogP contribution in [0.2, 0.25) is 0 Å². The van der Waals surface area contributed by atoms with Gasteiger partial charge in [0, 0.05) is 42.4 Å². The third kappa shape index (κ3) is 4.70. The van der Waals surface area contributed by atoms with Crippen LogP contribution in [0, 0.1) is 6.92 Å². The lowest BCUT2D eigenvalue weighted by atomic mass is 10.1. The highest BCUT2D eigenvalue weighted by Crippen LogP contribution is 2.25. The highest BCUT2D eigenvalue weighted by molar-refractivity contribution is 6.04. The van der Waals surface area contributed by atoms with Crippen LogP contribution < -0.4 is 15.0 Å². The number of hydrogen-bond acceptors (Lipinski definition) is 6. The van der Waals surface area contributed by atoms with E-state index in [1.807, 2.05) is 43.3 Å². The average molecular weight is 390 g/mol. The zero-order valence-electron chi connectivity index (χ0n) is 16.2. The molecule has 29 heavy (non-hydrogen) atoms. The van der Waals surface area contributed by atoms with Gasteiger partial charge < -0.3 is 19.7 Å². The number of amides is 1. The molecule has 1 amide bonds. The van der Waals surface area contributed by atoms with Crippen molar-refractivity contribution < 1.29 is 14.3 Å². The van der Waals surface area contributed by atoms with Crippen molar-refractivity contribution in [1.82, 2.24) is 9.97 Å². The minimum Gasteiger partial charge on any atom is -0.424 e. The van der Waals surface area contributed by atoms with E-state index >= 15 is 0 Å². The molecule has 148 valence electrons. The summed E-state index contributed by atoms with van der Waals surface area (Å²) in [4.78, 5) is 23.0. The van der Waals surface area contributed by atoms with Crippen LogP contribution in [0.4, 0.5) is 11.4 Å². The summed E-state index contributed by atoms with van der Waals surface area (Å²) in [6, 6.07) is 15.1. The lowest BCUT2D eigenvalue weighted by Crippen LogP contribution is -2.36. The van der Waals surface area contributed by atoms with Crippen molar-refractivity contribution >= 4 is 17.3 Å². The molecule has 0 saturated carbocycles. The summed E-state index contributed by atoms with van der Waals surface area (Å²) < 4.78 is 11.0. The van der Waals surface area contributed by atoms with Gasteiger partial charge in [-0.2, -0.15) is 0 Å². The Hall–Kier alpha value is -3.45. The molecule has 7 heteroatoms. The van der Waals surface area contributed by atoms with Gasteiger partial charge in [0.1, 0.15) is 5.75 Å². The molecule has 1 N–H and O–H groups in total. The summed E-state index contributed by atoms with van der Waals surface area (Å²) in [7, 11) is 0. The van der Waals surface area contributed by atoms with Crippen LogP contribution in [0.3, 0.4) is 0 Å². The minimum atomic E-state index is -0.151. The van der Waals surface area contributed by atoms with Gasteiger partial charge in [0.15, 0.2) is 0 Å². The smallest absolute Gasteiger partial charge is 0.321 e. The molecular weight excluding hydrogens is 368 g/mol. The number of nitrogens with zero attached hydrogens (tertiary/aromatic N) is 3. The first kappa shape index (κ1) is 18.9. The predicted molar refractivity (Wildman–Crippen MR) is 111 cm³/mol. The Kier molecular flexibility index (Phi) is 5.67. The number of morpholine rings is 1. The Morgan fingerprint density at radius 1 is 1.07 bits per heavy atom. The van der Waals surface area contributed by atoms with Crippen molar-refractivity contribution in [2.75, 3.05) is 36.5 Å². The lowest BCUT2D eigenvalue weighted by molar-refractivity contribution is 0.102. The zero-order valence-corrected chi connectivity index (χ0v) is 16.2. The highest BCUT2D eigenvalue weighted by Gasteiger charge is 2.13. The molecule has 0 bridgehead atoms. The number of carbonyl (C=O) groups is 1. The molecule has 0 atom stereocenters. The molecule has 1 aromatic heterocycles. The molecular formula is C22H22N4O3. The number of benzene rings is 2. The normalized spacial score (nSPS) is 13.8. The van der Waals surface area contributed by atoms with Crippen molar-refractivity contribution in [3.05, 3.63) is 72.1 Å². The molecule has 0 unspecified atom stereocenters. The lowest BCUT2D eigenvalue weighted by Gasteiger charge is -2.28. The Morgan fingerprint density at radius 3 is 2.48 bits per heavy atom. The standard InChI is InChI=1S/C22H22N4O3/c1-16-15-19(29-22-23-9-2-10-24-22)7-8-20(16)25-21(27)17-3-5-18(6-4-17)26-11-13-28-14-12-26/h2-10,15H,11-14H2,1H3,(H,25,27). The van der Waals surface area contributed by atoms with Gasteiger partial charge in [-0.25, -0.2) is 9.97 Å². The molecule has 3 aromatic rings. The summed E-state index contributed by atoms with van der Waals surface area (Å²) in [6.45, 7) is 5.12. The first-order valence-corrected chi connectivity index (χ1v) is 9.49. The van der Waals surface area contributed by atoms with Crippen molar-refractivity contribution in [3.63, 3.8) is 0 Å². The van der Waals surface area contributed by atoms with Crippen LogP contribution in [-0.2, 0) is 4.74 Å². The SMILES string of the molecule is Cc1cc(Oc2ncccn2)ccc1NC(=O)c1ccc(N2CCOCC2)cc1. The molecule has 0 spiro atoms. The first-order chi connectivity index (χ1) is 14.2. The van der Waals surface area contributed by atoms with Gasteiger partial charge in [0.05, 0.1) is 13.2 Å². The van der Waals surface area contributed by atoms with Gasteiger partial charge in [0.25, 0.3) is 5.91 Å². The van der Waals surface area contributed by atoms with Crippen LogP contribution in [-0.4, -0.2) is 42.2 Å². The third-order valence-electron chi connectivity index (χ3n) is 4.70. The van der Waals surface area contributed by atoms with E-state index in [9.17, 15) is 4.79 Å². The molecule has 1 aliphatic rings. The van der Waals surface area contributed by atoms with Crippen LogP contribution >= 0.6 is 0 Å². The molecule has 4 rings (SSSR count). The molecule has 7 nitrogen and oxygen atoms in total. The van der Waals surface area contributed by atoms with E-state index in [2.05, 4.69) is 20.2 Å². The van der Waals surface area contributed by atoms with E-state index < -0.39 is 0 Å². The summed E-state index contributed by atoms with van der Waals surface area (Å²) in [5.41, 5.74) is 3.33. The fourth-order valence-corrected chi connectivity index (χ4v) is 3.12. The van der Waals surface area contributed by atoms with Crippen molar-refractivity contribution in [2.24, 2.45) is 0 Å². The second-order valence-electron chi connectivity index (χ2n) is 6.71. The molecule has 0 radical (unpaired) electrons. The van der Waals surface area contributed by atoms with Gasteiger partial charge in [-0.1, -0.05) is 0 Å². The number of aromatic nitrogens is 2. The van der Waals surface area contributed by atoms with E-state index in [1.165, 1.54) is 0 Å². The number of nitrogens with one attached hydrogen (secondary N) is 1. The molecule has 1 aliphatic heterocycles. The van der Waals surface area contributed by atoms with E-state index in [0.717, 1.165) is 43.2 Å². The van der Waals surface area contributed by atoms with E-state index in [0.29, 0.717) is 11.3 Å². The number of rotatable bonds is 5. The molecule has 2 aromatic carbocycles. The summed E-state index contributed by atoms with van der Waals surface area (Å²) in [6.07, 6.45) is 3.24. The van der Waals surface area contributed by atoms with Gasteiger partial charge in [-0.15, -0.1) is 0 Å². The van der Waals surface area contributed by atoms with Crippen LogP contribution in [0.15, 0.2) is 60.9 Å². The number of aryl methyl sites for hydroxylation is 1. The van der Waals surface area contributed by atoms with E-state index in [4.69, 9.17) is 9.47 Å². The molecule has 1 fully saturated rings. The minimum absolute atomic E-state index is 0.151. The topological polar surface area (TPSA) is 76.6 Å². The molecule has 2 heterocycles. The summed E-state index contributed by atoms with van der Waals surface area (Å²) >= 11 is 0. The fraction of sp³-hybridized carbons (Fsp3) is 0.227. The van der Waals surface area contributed by atoms with Crippen molar-refractivity contribution in [3.8, 4) is 11.8 Å². The Morgan fingerprint density at radius 2 is 1.79 bits per heavy atom. The maximum Gasteiger partial charge on any atom is 0.321 e. The van der Waals surface area contributed by atoms with Gasteiger partial charge in [-0.3, -0.25) is 4.79 Å². The quantitative estimate of drug-likeness (QED) is 0.716. The third-order valence-corrected chi connectivity index (χ3v) is 4.70. The number of ether oxygens (including phenoxy) is 2. The summed E-state index contributed by atoms with van der Waals surface area (Å²) in [5.74, 6) is 0.461. The number of carbonyl (C=O) groups excluding carboxylic acids is 1. The second-order valence-corrected chi connectivity index (χ2v) is 6.71. The largest absolute Gasteiger partial charge is 0.424 e. The zero-order chi connectivity index (χ0) is 20.1. The fourth-order valence-electron chi connectivity index (χ4n) is 3.12. The van der Waals surface area contributed by atoms with E-state index in [1.54, 1.807) is 24.5 Å². The Balaban J connectivity index is 1.41. The molecule has 1 saturated heterocycles. The first-order valence-electron chi connectivity index (χ1n) is 9.49. The summed E-state index contributed by atoms with van der Waals surface area (Å²) in [5, 5.41) is 2.96. The number of anilines is 2. The highest BCUT2D eigenvalue weighted by atomic mass is 16.5. The maximum absolute atomic E-state index is 12.6. The van der Waals surface area contributed by atoms with Gasteiger partial charge >= 0.3 is 6.01 Å². The Labute approximate surface area is 169 Å². The Bertz CT molecular complexity index is 971. The van der Waals surface area contributed by atoms with Gasteiger partial charge in [0.2, 0.25) is 0 Å². The average Bonchev–Trinajstić information content (AvgIpc) is 2.77. The van der Waals surface area contributed by atoms with Crippen LogP contribution in [0.5, 0.6) is 11.8 Å². The second kappa shape index (κ2) is 8.70. The van der Waals surface area contributed by atoms with Gasteiger partial charge in [-0.05, 0) is 61.0 Å². The van der Waals surface area contributed by atoms with Crippen molar-refractivity contribution in [2.45, 2.75) is 6.92 Å². The van der Waals surface area contributed by atoms with Crippen molar-refractivity contribution in [1.29, 1.82) is 0 Å². The van der Waals surface area contributed by atoms with Crippen LogP contribution in [0.1, 0.15) is 15.9 Å². The maximum atomic E-state index is 12.6. The molecule has 0 aliphatic carbocycles. The van der Waals surface area contributed by atoms with Crippen LogP contribution in [0.25, 0.3) is 0 Å². The number of hydrogen-bond donors (Lipinski definition) is 1. The van der Waals surface area contributed by atoms with E-state index in [-0.39, 0.29) is 11.9 Å². The predicted octanol–water partition coefficient (Wildman–Crippen LogP) is 3.67. The monoisotopic (exact) mass is 390 g/mol.